The van der Waals surface area contributed by atoms with E-state index in [1.54, 1.807) is 7.11 Å². The second-order valence-electron chi connectivity index (χ2n) is 7.15. The van der Waals surface area contributed by atoms with E-state index < -0.39 is 0 Å². The van der Waals surface area contributed by atoms with E-state index in [2.05, 4.69) is 33.0 Å². The first kappa shape index (κ1) is 19.2. The maximum absolute atomic E-state index is 10.7. The highest BCUT2D eigenvalue weighted by molar-refractivity contribution is 5.76. The van der Waals surface area contributed by atoms with Crippen molar-refractivity contribution >= 4 is 12.0 Å². The third-order valence-electron chi connectivity index (χ3n) is 5.37. The molecule has 1 aliphatic rings. The lowest BCUT2D eigenvalue weighted by Gasteiger charge is -2.36. The Morgan fingerprint density at radius 3 is 2.34 bits per heavy atom. The van der Waals surface area contributed by atoms with Crippen LogP contribution in [0.2, 0.25) is 0 Å². The van der Waals surface area contributed by atoms with E-state index in [4.69, 9.17) is 4.74 Å². The first-order valence-electron chi connectivity index (χ1n) is 9.80. The lowest BCUT2D eigenvalue weighted by atomic mass is 10.0. The van der Waals surface area contributed by atoms with E-state index in [1.807, 2.05) is 54.9 Å². The number of ether oxygens (including phenoxy) is 1. The van der Waals surface area contributed by atoms with Crippen LogP contribution in [-0.4, -0.2) is 49.5 Å². The fourth-order valence-electron chi connectivity index (χ4n) is 3.72. The van der Waals surface area contributed by atoms with Gasteiger partial charge in [0.15, 0.2) is 0 Å². The molecule has 1 aromatic heterocycles. The van der Waals surface area contributed by atoms with Crippen LogP contribution < -0.4 is 9.64 Å². The monoisotopic (exact) mass is 386 g/mol. The molecule has 29 heavy (non-hydrogen) atoms. The molecule has 1 radical (unpaired) electrons. The Bertz CT molecular complexity index is 947. The molecule has 0 bridgehead atoms. The molecule has 5 heteroatoms. The fourth-order valence-corrected chi connectivity index (χ4v) is 3.72. The highest BCUT2D eigenvalue weighted by atomic mass is 16.5. The molecule has 4 rings (SSSR count). The van der Waals surface area contributed by atoms with Gasteiger partial charge in [0.25, 0.3) is 0 Å². The minimum atomic E-state index is 0.593. The van der Waals surface area contributed by atoms with Crippen molar-refractivity contribution in [1.82, 2.24) is 9.88 Å². The van der Waals surface area contributed by atoms with Gasteiger partial charge in [0.2, 0.25) is 6.29 Å². The van der Waals surface area contributed by atoms with Crippen molar-refractivity contribution in [1.29, 1.82) is 0 Å². The van der Waals surface area contributed by atoms with Crippen LogP contribution in [0.15, 0.2) is 66.9 Å². The number of aromatic nitrogens is 1. The van der Waals surface area contributed by atoms with Crippen LogP contribution in [0.3, 0.4) is 0 Å². The Labute approximate surface area is 171 Å². The zero-order chi connectivity index (χ0) is 20.1. The van der Waals surface area contributed by atoms with Crippen molar-refractivity contribution in [2.45, 2.75) is 6.54 Å². The lowest BCUT2D eigenvalue weighted by molar-refractivity contribution is 0.250. The minimum absolute atomic E-state index is 0.593. The second kappa shape index (κ2) is 8.88. The maximum atomic E-state index is 10.7. The van der Waals surface area contributed by atoms with Gasteiger partial charge in [-0.15, -0.1) is 0 Å². The predicted molar refractivity (Wildman–Crippen MR) is 115 cm³/mol. The first-order chi connectivity index (χ1) is 14.3. The van der Waals surface area contributed by atoms with Gasteiger partial charge in [-0.3, -0.25) is 14.7 Å². The van der Waals surface area contributed by atoms with Crippen LogP contribution in [0.4, 0.5) is 5.69 Å². The smallest absolute Gasteiger partial charge is 0.233 e. The summed E-state index contributed by atoms with van der Waals surface area (Å²) in [7, 11) is 1.68. The number of methoxy groups -OCH3 is 1. The van der Waals surface area contributed by atoms with Gasteiger partial charge in [-0.05, 0) is 60.2 Å². The van der Waals surface area contributed by atoms with Gasteiger partial charge in [0, 0.05) is 55.7 Å². The number of nitrogens with zero attached hydrogens (tertiary/aromatic N) is 3. The third-order valence-corrected chi connectivity index (χ3v) is 5.37. The fraction of sp³-hybridized carbons (Fsp3) is 0.250. The molecule has 0 amide bonds. The summed E-state index contributed by atoms with van der Waals surface area (Å²) >= 11 is 0. The van der Waals surface area contributed by atoms with Gasteiger partial charge in [0.05, 0.1) is 12.8 Å². The molecule has 1 aliphatic heterocycles. The van der Waals surface area contributed by atoms with Crippen LogP contribution in [0.1, 0.15) is 11.1 Å². The summed E-state index contributed by atoms with van der Waals surface area (Å²) in [6, 6.07) is 19.9. The summed E-state index contributed by atoms with van der Waals surface area (Å²) < 4.78 is 5.26. The molecule has 147 valence electrons. The molecule has 0 aliphatic carbocycles. The highest BCUT2D eigenvalue weighted by Gasteiger charge is 2.19. The van der Waals surface area contributed by atoms with E-state index in [-0.39, 0.29) is 0 Å². The standard InChI is InChI=1S/C24H24N3O2/c1-29-23-10-6-20(7-11-23)24-21(3-2-12-25-24)17-26-13-15-27(16-14-26)22-8-4-19(18-28)5-9-22/h2-12H,13-17H2,1H3. The van der Waals surface area contributed by atoms with Gasteiger partial charge in [0.1, 0.15) is 5.75 Å². The molecule has 2 aromatic carbocycles. The van der Waals surface area contributed by atoms with Crippen molar-refractivity contribution in [3.63, 3.8) is 0 Å². The highest BCUT2D eigenvalue weighted by Crippen LogP contribution is 2.25. The number of anilines is 1. The molecule has 0 N–H and O–H groups in total. The molecule has 1 fully saturated rings. The van der Waals surface area contributed by atoms with E-state index in [0.717, 1.165) is 55.4 Å². The molecule has 5 nitrogen and oxygen atoms in total. The van der Waals surface area contributed by atoms with Gasteiger partial charge < -0.3 is 9.64 Å². The minimum Gasteiger partial charge on any atom is -0.497 e. The zero-order valence-electron chi connectivity index (χ0n) is 16.5. The molecular formula is C24H24N3O2. The van der Waals surface area contributed by atoms with Crippen molar-refractivity contribution in [2.75, 3.05) is 38.2 Å². The normalized spacial score (nSPS) is 14.6. The number of carbonyl (C=O) groups excluding carboxylic acids is 1. The number of benzene rings is 2. The molecule has 0 unspecified atom stereocenters. The number of rotatable bonds is 6. The number of hydrogen-bond acceptors (Lipinski definition) is 5. The zero-order valence-corrected chi connectivity index (χ0v) is 16.5. The van der Waals surface area contributed by atoms with Crippen LogP contribution >= 0.6 is 0 Å². The summed E-state index contributed by atoms with van der Waals surface area (Å²) in [4.78, 5) is 20.2. The van der Waals surface area contributed by atoms with Gasteiger partial charge in [-0.1, -0.05) is 6.07 Å². The topological polar surface area (TPSA) is 45.7 Å². The van der Waals surface area contributed by atoms with Crippen LogP contribution in [0, 0.1) is 0 Å². The largest absolute Gasteiger partial charge is 0.497 e. The Morgan fingerprint density at radius 2 is 1.69 bits per heavy atom. The van der Waals surface area contributed by atoms with E-state index in [9.17, 15) is 4.79 Å². The summed E-state index contributed by atoms with van der Waals surface area (Å²) in [6.07, 6.45) is 3.78. The first-order valence-corrected chi connectivity index (χ1v) is 9.80. The second-order valence-corrected chi connectivity index (χ2v) is 7.15. The number of pyridine rings is 1. The number of hydrogen-bond donors (Lipinski definition) is 0. The average molecular weight is 386 g/mol. The van der Waals surface area contributed by atoms with Gasteiger partial charge in [-0.25, -0.2) is 0 Å². The van der Waals surface area contributed by atoms with Crippen molar-refractivity contribution in [3.05, 3.63) is 78.0 Å². The molecule has 1 saturated heterocycles. The molecule has 0 saturated carbocycles. The Morgan fingerprint density at radius 1 is 0.966 bits per heavy atom. The molecule has 0 atom stereocenters. The summed E-state index contributed by atoms with van der Waals surface area (Å²) in [5.74, 6) is 0.849. The van der Waals surface area contributed by atoms with Gasteiger partial charge >= 0.3 is 0 Å². The van der Waals surface area contributed by atoms with Crippen LogP contribution in [-0.2, 0) is 11.3 Å². The Hall–Kier alpha value is -3.18. The van der Waals surface area contributed by atoms with Crippen molar-refractivity contribution in [2.24, 2.45) is 0 Å². The van der Waals surface area contributed by atoms with E-state index >= 15 is 0 Å². The molecular weight excluding hydrogens is 362 g/mol. The molecule has 3 aromatic rings. The maximum Gasteiger partial charge on any atom is 0.233 e. The average Bonchev–Trinajstić information content (AvgIpc) is 2.80. The van der Waals surface area contributed by atoms with E-state index in [1.165, 1.54) is 5.56 Å². The summed E-state index contributed by atoms with van der Waals surface area (Å²) in [6.45, 7) is 4.77. The van der Waals surface area contributed by atoms with Crippen molar-refractivity contribution in [3.8, 4) is 17.0 Å². The summed E-state index contributed by atoms with van der Waals surface area (Å²) in [5, 5.41) is 0. The van der Waals surface area contributed by atoms with Gasteiger partial charge in [-0.2, -0.15) is 0 Å². The quantitative estimate of drug-likeness (QED) is 0.648. The Balaban J connectivity index is 1.42. The number of piperazine rings is 1. The van der Waals surface area contributed by atoms with E-state index in [0.29, 0.717) is 5.56 Å². The third kappa shape index (κ3) is 4.46. The SMILES string of the molecule is COc1ccc(-c2ncccc2CN2CCN(c3ccc([C]=O)cc3)CC2)cc1. The van der Waals surface area contributed by atoms with Crippen LogP contribution in [0.5, 0.6) is 5.75 Å². The molecule has 2 heterocycles. The Kier molecular flexibility index (Phi) is 5.86. The molecule has 0 spiro atoms. The predicted octanol–water partition coefficient (Wildman–Crippen LogP) is 3.54. The summed E-state index contributed by atoms with van der Waals surface area (Å²) in [5.41, 5.74) is 5.11. The van der Waals surface area contributed by atoms with Crippen LogP contribution in [0.25, 0.3) is 11.3 Å². The lowest BCUT2D eigenvalue weighted by Crippen LogP contribution is -2.46. The van der Waals surface area contributed by atoms with Crippen molar-refractivity contribution < 1.29 is 9.53 Å².